The first-order valence-corrected chi connectivity index (χ1v) is 10.9. The molecule has 0 atom stereocenters. The second-order valence-electron chi connectivity index (χ2n) is 7.95. The average Bonchev–Trinajstić information content (AvgIpc) is 2.85. The highest BCUT2D eigenvalue weighted by Crippen LogP contribution is 2.32. The van der Waals surface area contributed by atoms with E-state index in [0.29, 0.717) is 60.6 Å². The predicted octanol–water partition coefficient (Wildman–Crippen LogP) is 4.45. The summed E-state index contributed by atoms with van der Waals surface area (Å²) in [6.45, 7) is 3.40. The van der Waals surface area contributed by atoms with Gasteiger partial charge in [0.2, 0.25) is 5.91 Å². The van der Waals surface area contributed by atoms with Gasteiger partial charge in [0.05, 0.1) is 14.2 Å². The molecule has 3 aromatic rings. The topological polar surface area (TPSA) is 85.8 Å². The fourth-order valence-electron chi connectivity index (χ4n) is 3.80. The number of ether oxygens (including phenoxy) is 3. The minimum atomic E-state index is -0.100. The molecule has 0 radical (unpaired) electrons. The summed E-state index contributed by atoms with van der Waals surface area (Å²) >= 11 is 0. The van der Waals surface area contributed by atoms with Gasteiger partial charge in [0.1, 0.15) is 17.2 Å². The van der Waals surface area contributed by atoms with Crippen molar-refractivity contribution in [3.8, 4) is 23.1 Å². The van der Waals surface area contributed by atoms with Gasteiger partial charge in [-0.05, 0) is 31.9 Å². The van der Waals surface area contributed by atoms with Crippen LogP contribution in [-0.4, -0.2) is 43.2 Å². The van der Waals surface area contributed by atoms with Gasteiger partial charge in [-0.15, -0.1) is 0 Å². The molecule has 1 N–H and O–H groups in total. The molecule has 0 saturated carbocycles. The van der Waals surface area contributed by atoms with E-state index in [-0.39, 0.29) is 11.8 Å². The van der Waals surface area contributed by atoms with E-state index >= 15 is 0 Å². The van der Waals surface area contributed by atoms with E-state index in [2.05, 4.69) is 20.2 Å². The van der Waals surface area contributed by atoms with Crippen LogP contribution < -0.4 is 24.4 Å². The number of nitrogens with zero attached hydrogens (tertiary/aromatic N) is 3. The summed E-state index contributed by atoms with van der Waals surface area (Å²) in [6.07, 6.45) is 4.68. The summed E-state index contributed by atoms with van der Waals surface area (Å²) in [4.78, 5) is 23.9. The molecule has 1 amide bonds. The molecule has 1 fully saturated rings. The van der Waals surface area contributed by atoms with Crippen LogP contribution in [0.3, 0.4) is 0 Å². The zero-order chi connectivity index (χ0) is 23.2. The maximum Gasteiger partial charge on any atom is 0.263 e. The Hall–Kier alpha value is -3.81. The van der Waals surface area contributed by atoms with Crippen LogP contribution in [0.2, 0.25) is 0 Å². The van der Waals surface area contributed by atoms with Gasteiger partial charge in [-0.3, -0.25) is 4.79 Å². The third-order valence-electron chi connectivity index (χ3n) is 5.67. The van der Waals surface area contributed by atoms with Crippen molar-refractivity contribution in [3.63, 3.8) is 0 Å². The third kappa shape index (κ3) is 5.52. The number of hydrogen-bond acceptors (Lipinski definition) is 7. The van der Waals surface area contributed by atoms with E-state index in [0.717, 1.165) is 5.56 Å². The van der Waals surface area contributed by atoms with Crippen molar-refractivity contribution in [1.82, 2.24) is 9.97 Å². The van der Waals surface area contributed by atoms with Gasteiger partial charge in [0.15, 0.2) is 5.82 Å². The smallest absolute Gasteiger partial charge is 0.263 e. The maximum atomic E-state index is 12.9. The SMILES string of the molecule is COc1cc(NC(=O)C2CCN(c3nccnc3Oc3ccc(C)cc3)CC2)cc(OC)c1. The van der Waals surface area contributed by atoms with Crippen molar-refractivity contribution in [1.29, 1.82) is 0 Å². The Morgan fingerprint density at radius 3 is 2.21 bits per heavy atom. The summed E-state index contributed by atoms with van der Waals surface area (Å²) in [6, 6.07) is 13.1. The van der Waals surface area contributed by atoms with Crippen molar-refractivity contribution in [2.45, 2.75) is 19.8 Å². The Kier molecular flexibility index (Phi) is 6.92. The van der Waals surface area contributed by atoms with Gasteiger partial charge in [0.25, 0.3) is 5.88 Å². The van der Waals surface area contributed by atoms with Crippen LogP contribution >= 0.6 is 0 Å². The first kappa shape index (κ1) is 22.4. The number of anilines is 2. The minimum Gasteiger partial charge on any atom is -0.497 e. The average molecular weight is 449 g/mol. The van der Waals surface area contributed by atoms with Gasteiger partial charge in [0, 0.05) is 55.3 Å². The molecular weight excluding hydrogens is 420 g/mol. The number of aryl methyl sites for hydroxylation is 1. The number of piperidine rings is 1. The zero-order valence-corrected chi connectivity index (χ0v) is 19.1. The monoisotopic (exact) mass is 448 g/mol. The number of carbonyl (C=O) groups is 1. The van der Waals surface area contributed by atoms with E-state index in [1.165, 1.54) is 0 Å². The number of amides is 1. The first-order valence-electron chi connectivity index (χ1n) is 10.9. The van der Waals surface area contributed by atoms with Crippen LogP contribution in [-0.2, 0) is 4.79 Å². The molecular formula is C25H28N4O4. The first-order chi connectivity index (χ1) is 16.1. The molecule has 0 aliphatic carbocycles. The predicted molar refractivity (Wildman–Crippen MR) is 126 cm³/mol. The molecule has 1 aliphatic heterocycles. The molecule has 1 saturated heterocycles. The van der Waals surface area contributed by atoms with Crippen LogP contribution in [0.5, 0.6) is 23.1 Å². The van der Waals surface area contributed by atoms with E-state index in [1.54, 1.807) is 44.8 Å². The second-order valence-corrected chi connectivity index (χ2v) is 7.95. The molecule has 1 aromatic heterocycles. The lowest BCUT2D eigenvalue weighted by atomic mass is 9.96. The number of rotatable bonds is 7. The van der Waals surface area contributed by atoms with Crippen LogP contribution in [0.15, 0.2) is 54.9 Å². The minimum absolute atomic E-state index is 0.0137. The molecule has 4 rings (SSSR count). The Balaban J connectivity index is 1.39. The molecule has 8 nitrogen and oxygen atoms in total. The molecule has 33 heavy (non-hydrogen) atoms. The molecule has 2 heterocycles. The van der Waals surface area contributed by atoms with Crippen molar-refractivity contribution >= 4 is 17.4 Å². The van der Waals surface area contributed by atoms with Crippen LogP contribution in [0.25, 0.3) is 0 Å². The van der Waals surface area contributed by atoms with Crippen molar-refractivity contribution in [3.05, 3.63) is 60.4 Å². The highest BCUT2D eigenvalue weighted by Gasteiger charge is 2.27. The quantitative estimate of drug-likeness (QED) is 0.571. The van der Waals surface area contributed by atoms with Crippen LogP contribution in [0, 0.1) is 12.8 Å². The molecule has 0 bridgehead atoms. The lowest BCUT2D eigenvalue weighted by Gasteiger charge is -2.32. The van der Waals surface area contributed by atoms with Gasteiger partial charge in [-0.1, -0.05) is 17.7 Å². The Bertz CT molecular complexity index is 1070. The lowest BCUT2D eigenvalue weighted by Crippen LogP contribution is -2.38. The van der Waals surface area contributed by atoms with Crippen LogP contribution in [0.4, 0.5) is 11.5 Å². The second kappa shape index (κ2) is 10.2. The van der Waals surface area contributed by atoms with Crippen LogP contribution in [0.1, 0.15) is 18.4 Å². The summed E-state index contributed by atoms with van der Waals surface area (Å²) < 4.78 is 16.6. The summed E-state index contributed by atoms with van der Waals surface area (Å²) in [5.74, 6) is 3.01. The summed E-state index contributed by atoms with van der Waals surface area (Å²) in [5.41, 5.74) is 1.82. The Morgan fingerprint density at radius 1 is 0.939 bits per heavy atom. The van der Waals surface area contributed by atoms with Crippen molar-refractivity contribution in [2.75, 3.05) is 37.5 Å². The third-order valence-corrected chi connectivity index (χ3v) is 5.67. The maximum absolute atomic E-state index is 12.9. The fourth-order valence-corrected chi connectivity index (χ4v) is 3.80. The lowest BCUT2D eigenvalue weighted by molar-refractivity contribution is -0.120. The van der Waals surface area contributed by atoms with E-state index in [4.69, 9.17) is 14.2 Å². The number of aromatic nitrogens is 2. The largest absolute Gasteiger partial charge is 0.497 e. The van der Waals surface area contributed by atoms with Gasteiger partial charge >= 0.3 is 0 Å². The molecule has 2 aromatic carbocycles. The van der Waals surface area contributed by atoms with Gasteiger partial charge in [-0.2, -0.15) is 0 Å². The molecule has 0 spiro atoms. The molecule has 1 aliphatic rings. The Labute approximate surface area is 193 Å². The fraction of sp³-hybridized carbons (Fsp3) is 0.320. The van der Waals surface area contributed by atoms with E-state index < -0.39 is 0 Å². The standard InChI is InChI=1S/C25H28N4O4/c1-17-4-6-20(7-5-17)33-25-23(26-10-11-27-25)29-12-8-18(9-13-29)24(30)28-19-14-21(31-2)16-22(15-19)32-3/h4-7,10-11,14-16,18H,8-9,12-13H2,1-3H3,(H,28,30). The van der Waals surface area contributed by atoms with Crippen molar-refractivity contribution < 1.29 is 19.0 Å². The van der Waals surface area contributed by atoms with Gasteiger partial charge in [-0.25, -0.2) is 9.97 Å². The zero-order valence-electron chi connectivity index (χ0n) is 19.1. The van der Waals surface area contributed by atoms with Crippen molar-refractivity contribution in [2.24, 2.45) is 5.92 Å². The van der Waals surface area contributed by atoms with E-state index in [9.17, 15) is 4.79 Å². The molecule has 0 unspecified atom stereocenters. The number of carbonyl (C=O) groups excluding carboxylic acids is 1. The highest BCUT2D eigenvalue weighted by atomic mass is 16.5. The number of methoxy groups -OCH3 is 2. The molecule has 8 heteroatoms. The number of nitrogens with one attached hydrogen (secondary N) is 1. The highest BCUT2D eigenvalue weighted by molar-refractivity contribution is 5.93. The summed E-state index contributed by atoms with van der Waals surface area (Å²) in [7, 11) is 3.17. The number of benzene rings is 2. The van der Waals surface area contributed by atoms with Gasteiger partial charge < -0.3 is 24.4 Å². The number of hydrogen-bond donors (Lipinski definition) is 1. The summed E-state index contributed by atoms with van der Waals surface area (Å²) in [5, 5.41) is 2.99. The molecule has 172 valence electrons. The van der Waals surface area contributed by atoms with E-state index in [1.807, 2.05) is 31.2 Å². The Morgan fingerprint density at radius 2 is 1.58 bits per heavy atom. The normalized spacial score (nSPS) is 14.0.